The molecule has 0 unspecified atom stereocenters. The van der Waals surface area contributed by atoms with Crippen LogP contribution in [0.4, 0.5) is 5.69 Å². The number of aryl methyl sites for hydroxylation is 1. The number of hydrogen-bond acceptors (Lipinski definition) is 3. The first-order valence-electron chi connectivity index (χ1n) is 13.1. The molecule has 4 aliphatic rings. The van der Waals surface area contributed by atoms with Gasteiger partial charge in [0.15, 0.2) is 0 Å². The summed E-state index contributed by atoms with van der Waals surface area (Å²) in [6.07, 6.45) is 6.79. The van der Waals surface area contributed by atoms with Crippen molar-refractivity contribution in [2.75, 3.05) is 5.32 Å². The van der Waals surface area contributed by atoms with Gasteiger partial charge in [-0.1, -0.05) is 62.1 Å². The lowest BCUT2D eigenvalue weighted by Gasteiger charge is -2.30. The number of imide groups is 1. The molecule has 3 fully saturated rings. The zero-order chi connectivity index (χ0) is 24.3. The minimum atomic E-state index is -1.09. The van der Waals surface area contributed by atoms with Crippen LogP contribution in [-0.2, 0) is 26.3 Å². The van der Waals surface area contributed by atoms with Crippen LogP contribution in [0.3, 0.4) is 0 Å². The molecule has 0 aromatic heterocycles. The van der Waals surface area contributed by atoms with Crippen LogP contribution >= 0.6 is 0 Å². The van der Waals surface area contributed by atoms with Crippen molar-refractivity contribution in [2.24, 2.45) is 11.8 Å². The average Bonchev–Trinajstić information content (AvgIpc) is 3.31. The third-order valence-corrected chi connectivity index (χ3v) is 9.11. The van der Waals surface area contributed by atoms with Gasteiger partial charge in [-0.2, -0.15) is 0 Å². The molecule has 6 rings (SSSR count). The van der Waals surface area contributed by atoms with Gasteiger partial charge in [-0.05, 0) is 49.4 Å². The van der Waals surface area contributed by atoms with E-state index in [9.17, 15) is 14.4 Å². The van der Waals surface area contributed by atoms with Crippen molar-refractivity contribution in [3.05, 3.63) is 64.7 Å². The van der Waals surface area contributed by atoms with E-state index < -0.39 is 17.4 Å². The van der Waals surface area contributed by atoms with Crippen molar-refractivity contribution in [3.8, 4) is 0 Å². The summed E-state index contributed by atoms with van der Waals surface area (Å²) in [5.74, 6) is -1.53. The summed E-state index contributed by atoms with van der Waals surface area (Å²) in [6, 6.07) is 13.9. The molecule has 6 heteroatoms. The highest BCUT2D eigenvalue weighted by Gasteiger charge is 2.74. The zero-order valence-electron chi connectivity index (χ0n) is 20.5. The lowest BCUT2D eigenvalue weighted by molar-refractivity contribution is -0.733. The van der Waals surface area contributed by atoms with Crippen LogP contribution in [0.15, 0.2) is 42.5 Å². The second-order valence-corrected chi connectivity index (χ2v) is 11.0. The Labute approximate surface area is 206 Å². The van der Waals surface area contributed by atoms with Gasteiger partial charge in [-0.25, -0.2) is 0 Å². The average molecular weight is 473 g/mol. The first-order chi connectivity index (χ1) is 16.9. The predicted molar refractivity (Wildman–Crippen MR) is 132 cm³/mol. The van der Waals surface area contributed by atoms with Gasteiger partial charge in [-0.15, -0.1) is 0 Å². The van der Waals surface area contributed by atoms with Crippen molar-refractivity contribution < 1.29 is 19.7 Å². The van der Waals surface area contributed by atoms with Gasteiger partial charge >= 0.3 is 0 Å². The van der Waals surface area contributed by atoms with Gasteiger partial charge in [0.1, 0.15) is 17.9 Å². The smallest absolute Gasteiger partial charge is 0.291 e. The molecule has 4 atom stereocenters. The van der Waals surface area contributed by atoms with Crippen LogP contribution in [0.5, 0.6) is 0 Å². The number of benzene rings is 2. The summed E-state index contributed by atoms with van der Waals surface area (Å²) >= 11 is 0. The van der Waals surface area contributed by atoms with Crippen LogP contribution in [-0.4, -0.2) is 34.7 Å². The molecule has 2 saturated heterocycles. The molecule has 182 valence electrons. The second-order valence-electron chi connectivity index (χ2n) is 11.0. The Balaban J connectivity index is 1.47. The fourth-order valence-corrected chi connectivity index (χ4v) is 7.25. The standard InChI is InChI=1S/C29H33N3O3/c1-17-14-15-21-25(18(17)2)30-28(35)29(21)24-23(22(31-29)16-19-10-6-5-7-11-19)26(33)32(27(24)34)20-12-8-3-4-9-13-20/h5-7,10-11,14-15,20,22-24,31H,3-4,8-9,12-13,16H2,1-2H3,(H,30,35)/p+1/t22-,23+,24-,29+/m0/s1. The minimum absolute atomic E-state index is 0.0405. The number of rotatable bonds is 3. The number of carbonyl (C=O) groups excluding carboxylic acids is 3. The highest BCUT2D eigenvalue weighted by atomic mass is 16.2. The van der Waals surface area contributed by atoms with Gasteiger partial charge in [0.05, 0.1) is 5.69 Å². The third kappa shape index (κ3) is 3.22. The third-order valence-electron chi connectivity index (χ3n) is 9.11. The number of quaternary nitrogens is 1. The topological polar surface area (TPSA) is 83.1 Å². The number of hydrogen-bond donors (Lipinski definition) is 2. The summed E-state index contributed by atoms with van der Waals surface area (Å²) in [6.45, 7) is 4.05. The second kappa shape index (κ2) is 8.30. The van der Waals surface area contributed by atoms with Gasteiger partial charge in [-0.3, -0.25) is 19.3 Å². The van der Waals surface area contributed by atoms with E-state index in [1.165, 1.54) is 0 Å². The molecular weight excluding hydrogens is 438 g/mol. The minimum Gasteiger partial charge on any atom is -0.326 e. The van der Waals surface area contributed by atoms with Crippen molar-refractivity contribution in [1.29, 1.82) is 0 Å². The maximum atomic E-state index is 14.2. The fraction of sp³-hybridized carbons (Fsp3) is 0.483. The van der Waals surface area contributed by atoms with E-state index in [2.05, 4.69) is 22.8 Å². The molecule has 1 saturated carbocycles. The van der Waals surface area contributed by atoms with E-state index >= 15 is 0 Å². The molecule has 6 nitrogen and oxygen atoms in total. The molecule has 0 bridgehead atoms. The van der Waals surface area contributed by atoms with Crippen LogP contribution < -0.4 is 10.6 Å². The molecular formula is C29H34N3O3+. The van der Waals surface area contributed by atoms with Crippen LogP contribution in [0.1, 0.15) is 60.8 Å². The molecule has 1 aliphatic carbocycles. The maximum Gasteiger partial charge on any atom is 0.291 e. The summed E-state index contributed by atoms with van der Waals surface area (Å²) in [5, 5.41) is 5.18. The van der Waals surface area contributed by atoms with Gasteiger partial charge in [0, 0.05) is 18.0 Å². The summed E-state index contributed by atoms with van der Waals surface area (Å²) < 4.78 is 0. The van der Waals surface area contributed by atoms with E-state index in [-0.39, 0.29) is 29.8 Å². The lowest BCUT2D eigenvalue weighted by Crippen LogP contribution is -2.99. The quantitative estimate of drug-likeness (QED) is 0.532. The molecule has 3 aliphatic heterocycles. The number of anilines is 1. The molecule has 3 amide bonds. The van der Waals surface area contributed by atoms with Crippen molar-refractivity contribution >= 4 is 23.4 Å². The summed E-state index contributed by atoms with van der Waals surface area (Å²) in [7, 11) is 0. The maximum absolute atomic E-state index is 14.2. The van der Waals surface area contributed by atoms with E-state index in [1.54, 1.807) is 4.90 Å². The van der Waals surface area contributed by atoms with Crippen LogP contribution in [0.25, 0.3) is 0 Å². The van der Waals surface area contributed by atoms with Crippen molar-refractivity contribution in [2.45, 2.75) is 76.4 Å². The molecule has 0 radical (unpaired) electrons. The summed E-state index contributed by atoms with van der Waals surface area (Å²) in [5.41, 5.74) is 3.84. The number of nitrogens with zero attached hydrogens (tertiary/aromatic N) is 1. The van der Waals surface area contributed by atoms with Crippen LogP contribution in [0.2, 0.25) is 0 Å². The highest BCUT2D eigenvalue weighted by molar-refractivity contribution is 6.14. The number of carbonyl (C=O) groups is 3. The molecule has 3 heterocycles. The van der Waals surface area contributed by atoms with Crippen molar-refractivity contribution in [1.82, 2.24) is 4.90 Å². The van der Waals surface area contributed by atoms with Crippen LogP contribution in [0, 0.1) is 25.7 Å². The number of likely N-dealkylation sites (tertiary alicyclic amines) is 1. The fourth-order valence-electron chi connectivity index (χ4n) is 7.25. The Kier molecular flexibility index (Phi) is 5.33. The van der Waals surface area contributed by atoms with E-state index in [4.69, 9.17) is 0 Å². The monoisotopic (exact) mass is 472 g/mol. The van der Waals surface area contributed by atoms with E-state index in [1.807, 2.05) is 44.2 Å². The van der Waals surface area contributed by atoms with E-state index in [0.717, 1.165) is 66.5 Å². The van der Waals surface area contributed by atoms with Crippen molar-refractivity contribution in [3.63, 3.8) is 0 Å². The molecule has 2 aromatic carbocycles. The predicted octanol–water partition coefficient (Wildman–Crippen LogP) is 2.96. The Morgan fingerprint density at radius 1 is 0.943 bits per heavy atom. The molecule has 35 heavy (non-hydrogen) atoms. The Morgan fingerprint density at radius 2 is 1.66 bits per heavy atom. The normalized spacial score (nSPS) is 30.5. The van der Waals surface area contributed by atoms with E-state index in [0.29, 0.717) is 6.42 Å². The zero-order valence-corrected chi connectivity index (χ0v) is 20.5. The molecule has 1 spiro atoms. The Bertz CT molecular complexity index is 1200. The largest absolute Gasteiger partial charge is 0.326 e. The number of nitrogens with one attached hydrogen (secondary N) is 1. The number of amides is 3. The first kappa shape index (κ1) is 22.5. The number of nitrogens with two attached hydrogens (primary N) is 1. The SMILES string of the molecule is Cc1ccc2c(c1C)NC(=O)[C@@]21[NH2+][C@@H](Cc2ccccc2)[C@H]2C(=O)N(C3CCCCCC3)C(=O)[C@H]21. The first-order valence-corrected chi connectivity index (χ1v) is 13.1. The Hall–Kier alpha value is -2.99. The highest BCUT2D eigenvalue weighted by Crippen LogP contribution is 2.51. The van der Waals surface area contributed by atoms with Gasteiger partial charge in [0.2, 0.25) is 17.4 Å². The Morgan fingerprint density at radius 3 is 2.37 bits per heavy atom. The lowest BCUT2D eigenvalue weighted by atomic mass is 9.75. The van der Waals surface area contributed by atoms with Gasteiger partial charge < -0.3 is 10.6 Å². The van der Waals surface area contributed by atoms with Gasteiger partial charge in [0.25, 0.3) is 5.91 Å². The number of fused-ring (bicyclic) bond motifs is 4. The molecule has 2 aromatic rings. The summed E-state index contributed by atoms with van der Waals surface area (Å²) in [4.78, 5) is 43.6. The molecule has 3 N–H and O–H groups in total.